The van der Waals surface area contributed by atoms with Gasteiger partial charge in [0.05, 0.1) is 26.9 Å². The molecule has 11 nitrogen and oxygen atoms in total. The lowest BCUT2D eigenvalue weighted by molar-refractivity contribution is -0.404. The molecule has 0 radical (unpaired) electrons. The zero-order valence-electron chi connectivity index (χ0n) is 14.7. The highest BCUT2D eigenvalue weighted by Crippen LogP contribution is 2.38. The number of phenolic OH excluding ortho intramolecular Hbond substituents is 1. The van der Waals surface area contributed by atoms with Gasteiger partial charge in [0.15, 0.2) is 0 Å². The van der Waals surface area contributed by atoms with Crippen LogP contribution in [-0.2, 0) is 6.42 Å². The SMILES string of the molecule is CCCCc1ccc(C)nc1.O=[N+]([O-])c1cc([N+](=O)[O-])c(O)c([N+](=O)[O-])c1. The number of phenols is 1. The summed E-state index contributed by atoms with van der Waals surface area (Å²) in [5, 5.41) is 40.2. The Bertz CT molecular complexity index is 802. The van der Waals surface area contributed by atoms with E-state index in [1.54, 1.807) is 0 Å². The minimum absolute atomic E-state index is 0.447. The van der Waals surface area contributed by atoms with Crippen molar-refractivity contribution >= 4 is 17.1 Å². The maximum Gasteiger partial charge on any atom is 0.324 e. The van der Waals surface area contributed by atoms with Gasteiger partial charge in [-0.15, -0.1) is 0 Å². The summed E-state index contributed by atoms with van der Waals surface area (Å²) in [4.78, 5) is 32.0. The van der Waals surface area contributed by atoms with Crippen molar-refractivity contribution in [3.05, 3.63) is 72.1 Å². The number of non-ortho nitro benzene ring substituents is 1. The van der Waals surface area contributed by atoms with Gasteiger partial charge in [-0.2, -0.15) is 0 Å². The lowest BCUT2D eigenvalue weighted by Gasteiger charge is -1.98. The quantitative estimate of drug-likeness (QED) is 0.585. The van der Waals surface area contributed by atoms with Crippen molar-refractivity contribution in [2.24, 2.45) is 0 Å². The molecular weight excluding hydrogens is 360 g/mol. The third kappa shape index (κ3) is 6.30. The molecule has 11 heteroatoms. The molecule has 0 saturated heterocycles. The highest BCUT2D eigenvalue weighted by Gasteiger charge is 2.30. The maximum atomic E-state index is 10.4. The lowest BCUT2D eigenvalue weighted by atomic mass is 10.1. The highest BCUT2D eigenvalue weighted by molar-refractivity contribution is 5.64. The number of nitro benzene ring substituents is 3. The molecule has 1 aromatic carbocycles. The van der Waals surface area contributed by atoms with E-state index in [0.29, 0.717) is 12.1 Å². The van der Waals surface area contributed by atoms with E-state index in [9.17, 15) is 30.3 Å². The van der Waals surface area contributed by atoms with Gasteiger partial charge in [0.2, 0.25) is 0 Å². The summed E-state index contributed by atoms with van der Waals surface area (Å²) in [5.74, 6) is -1.21. The number of rotatable bonds is 6. The summed E-state index contributed by atoms with van der Waals surface area (Å²) in [7, 11) is 0. The van der Waals surface area contributed by atoms with Crippen LogP contribution in [-0.4, -0.2) is 24.9 Å². The second kappa shape index (κ2) is 9.75. The molecule has 0 fully saturated rings. The van der Waals surface area contributed by atoms with Crippen LogP contribution in [0.5, 0.6) is 5.75 Å². The van der Waals surface area contributed by atoms with Gasteiger partial charge >= 0.3 is 11.4 Å². The molecule has 0 atom stereocenters. The smallest absolute Gasteiger partial charge is 0.324 e. The first-order valence-corrected chi connectivity index (χ1v) is 7.89. The Hall–Kier alpha value is -3.63. The molecular formula is C16H18N4O7. The van der Waals surface area contributed by atoms with E-state index >= 15 is 0 Å². The number of nitrogens with zero attached hydrogens (tertiary/aromatic N) is 4. The van der Waals surface area contributed by atoms with Gasteiger partial charge in [-0.05, 0) is 31.4 Å². The van der Waals surface area contributed by atoms with E-state index in [2.05, 4.69) is 24.0 Å². The first-order chi connectivity index (χ1) is 12.7. The van der Waals surface area contributed by atoms with Crippen LogP contribution in [0.15, 0.2) is 30.5 Å². The van der Waals surface area contributed by atoms with Crippen LogP contribution in [0.1, 0.15) is 31.0 Å². The van der Waals surface area contributed by atoms with Crippen molar-refractivity contribution in [1.82, 2.24) is 4.98 Å². The van der Waals surface area contributed by atoms with Gasteiger partial charge in [0.25, 0.3) is 11.4 Å². The Morgan fingerprint density at radius 3 is 1.93 bits per heavy atom. The molecule has 0 saturated carbocycles. The molecule has 0 spiro atoms. The van der Waals surface area contributed by atoms with E-state index in [0.717, 1.165) is 5.69 Å². The summed E-state index contributed by atoms with van der Waals surface area (Å²) in [5.41, 5.74) is -0.541. The summed E-state index contributed by atoms with van der Waals surface area (Å²) >= 11 is 0. The predicted molar refractivity (Wildman–Crippen MR) is 95.7 cm³/mol. The van der Waals surface area contributed by atoms with Gasteiger partial charge in [-0.25, -0.2) is 0 Å². The van der Waals surface area contributed by atoms with Crippen LogP contribution in [0.4, 0.5) is 17.1 Å². The van der Waals surface area contributed by atoms with Crippen molar-refractivity contribution in [2.45, 2.75) is 33.1 Å². The number of pyridine rings is 1. The predicted octanol–water partition coefficient (Wildman–Crippen LogP) is 3.85. The molecule has 1 N–H and O–H groups in total. The Kier molecular flexibility index (Phi) is 7.73. The number of nitro groups is 3. The van der Waals surface area contributed by atoms with Crippen LogP contribution < -0.4 is 0 Å². The summed E-state index contributed by atoms with van der Waals surface area (Å²) in [6, 6.07) is 5.13. The first-order valence-electron chi connectivity index (χ1n) is 7.89. The monoisotopic (exact) mass is 378 g/mol. The molecule has 27 heavy (non-hydrogen) atoms. The van der Waals surface area contributed by atoms with Crippen molar-refractivity contribution in [3.8, 4) is 5.75 Å². The zero-order valence-corrected chi connectivity index (χ0v) is 14.7. The highest BCUT2D eigenvalue weighted by atomic mass is 16.6. The molecule has 0 aliphatic rings. The summed E-state index contributed by atoms with van der Waals surface area (Å²) in [6.07, 6.45) is 5.67. The van der Waals surface area contributed by atoms with Crippen LogP contribution in [0.3, 0.4) is 0 Å². The van der Waals surface area contributed by atoms with E-state index in [1.807, 2.05) is 13.1 Å². The first kappa shape index (κ1) is 21.4. The number of aromatic hydroxyl groups is 1. The van der Waals surface area contributed by atoms with E-state index in [-0.39, 0.29) is 0 Å². The minimum atomic E-state index is -1.21. The van der Waals surface area contributed by atoms with E-state index < -0.39 is 37.6 Å². The number of hydrogen-bond donors (Lipinski definition) is 1. The molecule has 0 unspecified atom stereocenters. The topological polar surface area (TPSA) is 163 Å². The molecule has 0 bridgehead atoms. The van der Waals surface area contributed by atoms with Crippen LogP contribution >= 0.6 is 0 Å². The van der Waals surface area contributed by atoms with Gasteiger partial charge in [-0.3, -0.25) is 35.3 Å². The van der Waals surface area contributed by atoms with Gasteiger partial charge in [0.1, 0.15) is 0 Å². The average molecular weight is 378 g/mol. The van der Waals surface area contributed by atoms with E-state index in [1.165, 1.54) is 24.8 Å². The van der Waals surface area contributed by atoms with Crippen LogP contribution in [0.2, 0.25) is 0 Å². The Morgan fingerprint density at radius 1 is 1.00 bits per heavy atom. The number of benzene rings is 1. The standard InChI is InChI=1S/C10H15N.C6H3N3O7/c1-3-4-5-10-7-6-9(2)11-8-10;10-6-4(8(13)14)1-3(7(11)12)2-5(6)9(15)16/h6-8H,3-5H2,1-2H3;1-2,10H. The second-order valence-electron chi connectivity index (χ2n) is 5.52. The minimum Gasteiger partial charge on any atom is -0.497 e. The van der Waals surface area contributed by atoms with Gasteiger partial charge in [0, 0.05) is 11.9 Å². The molecule has 0 aliphatic carbocycles. The second-order valence-corrected chi connectivity index (χ2v) is 5.52. The molecule has 2 aromatic rings. The van der Waals surface area contributed by atoms with Gasteiger partial charge < -0.3 is 5.11 Å². The summed E-state index contributed by atoms with van der Waals surface area (Å²) < 4.78 is 0. The van der Waals surface area contributed by atoms with E-state index in [4.69, 9.17) is 5.11 Å². The zero-order chi connectivity index (χ0) is 20.6. The fourth-order valence-corrected chi connectivity index (χ4v) is 2.00. The Balaban J connectivity index is 0.000000289. The summed E-state index contributed by atoms with van der Waals surface area (Å²) in [6.45, 7) is 4.23. The third-order valence-electron chi connectivity index (χ3n) is 3.45. The van der Waals surface area contributed by atoms with Crippen molar-refractivity contribution in [3.63, 3.8) is 0 Å². The van der Waals surface area contributed by atoms with Crippen molar-refractivity contribution in [2.75, 3.05) is 0 Å². The number of aryl methyl sites for hydroxylation is 2. The average Bonchev–Trinajstić information content (AvgIpc) is 2.61. The molecule has 2 rings (SSSR count). The van der Waals surface area contributed by atoms with Gasteiger partial charge in [-0.1, -0.05) is 19.4 Å². The number of unbranched alkanes of at least 4 members (excludes halogenated alkanes) is 1. The molecule has 1 heterocycles. The molecule has 0 aliphatic heterocycles. The fourth-order valence-electron chi connectivity index (χ4n) is 2.00. The molecule has 0 amide bonds. The molecule has 1 aromatic heterocycles. The third-order valence-corrected chi connectivity index (χ3v) is 3.45. The fraction of sp³-hybridized carbons (Fsp3) is 0.312. The number of hydrogen-bond acceptors (Lipinski definition) is 8. The van der Waals surface area contributed by atoms with Crippen LogP contribution in [0.25, 0.3) is 0 Å². The maximum absolute atomic E-state index is 10.4. The number of aromatic nitrogens is 1. The van der Waals surface area contributed by atoms with Crippen molar-refractivity contribution in [1.29, 1.82) is 0 Å². The Morgan fingerprint density at radius 2 is 1.56 bits per heavy atom. The molecule has 144 valence electrons. The Labute approximate surface area is 153 Å². The normalized spacial score (nSPS) is 9.85. The lowest BCUT2D eigenvalue weighted by Crippen LogP contribution is -1.97. The van der Waals surface area contributed by atoms with Crippen LogP contribution in [0, 0.1) is 37.3 Å². The van der Waals surface area contributed by atoms with Crippen molar-refractivity contribution < 1.29 is 19.9 Å². The largest absolute Gasteiger partial charge is 0.497 e.